The number of rotatable bonds is 4. The van der Waals surface area contributed by atoms with E-state index in [-0.39, 0.29) is 0 Å². The fourth-order valence-electron chi connectivity index (χ4n) is 2.91. The van der Waals surface area contributed by atoms with Gasteiger partial charge in [-0.05, 0) is 43.2 Å². The normalized spacial score (nSPS) is 18.9. The molecule has 0 saturated carbocycles. The van der Waals surface area contributed by atoms with Crippen LogP contribution in [-0.4, -0.2) is 24.1 Å². The van der Waals surface area contributed by atoms with Crippen LogP contribution >= 0.6 is 0 Å². The van der Waals surface area contributed by atoms with Crippen molar-refractivity contribution in [3.63, 3.8) is 0 Å². The van der Waals surface area contributed by atoms with Crippen molar-refractivity contribution in [2.24, 2.45) is 5.41 Å². The van der Waals surface area contributed by atoms with Crippen molar-refractivity contribution in [3.8, 4) is 0 Å². The number of nitrogens with one attached hydrogen (secondary N) is 1. The standard InChI is InChI=1S/C18H31N3/c1-14(2)19-13-16-7-8-17(20-15(16)3)21-11-6-9-18(4,5)10-12-21/h7-8,14,19H,6,9-13H2,1-5H3. The summed E-state index contributed by atoms with van der Waals surface area (Å²) in [7, 11) is 0. The maximum atomic E-state index is 4.85. The van der Waals surface area contributed by atoms with E-state index in [4.69, 9.17) is 4.98 Å². The molecule has 2 rings (SSSR count). The van der Waals surface area contributed by atoms with Crippen LogP contribution < -0.4 is 10.2 Å². The second-order valence-corrected chi connectivity index (χ2v) is 7.45. The lowest BCUT2D eigenvalue weighted by Gasteiger charge is -2.24. The minimum Gasteiger partial charge on any atom is -0.357 e. The molecule has 1 aromatic heterocycles. The van der Waals surface area contributed by atoms with Gasteiger partial charge in [-0.15, -0.1) is 0 Å². The third-order valence-corrected chi connectivity index (χ3v) is 4.55. The summed E-state index contributed by atoms with van der Waals surface area (Å²) < 4.78 is 0. The fraction of sp³-hybridized carbons (Fsp3) is 0.722. The van der Waals surface area contributed by atoms with Crippen molar-refractivity contribution in [1.82, 2.24) is 10.3 Å². The Labute approximate surface area is 130 Å². The number of aromatic nitrogens is 1. The lowest BCUT2D eigenvalue weighted by molar-refractivity contribution is 0.325. The first-order valence-electron chi connectivity index (χ1n) is 8.32. The molecule has 0 bridgehead atoms. The molecule has 3 nitrogen and oxygen atoms in total. The van der Waals surface area contributed by atoms with Crippen molar-refractivity contribution in [1.29, 1.82) is 0 Å². The minimum absolute atomic E-state index is 0.477. The summed E-state index contributed by atoms with van der Waals surface area (Å²) in [5, 5.41) is 3.47. The molecule has 0 unspecified atom stereocenters. The van der Waals surface area contributed by atoms with Gasteiger partial charge in [0.05, 0.1) is 0 Å². The molecule has 1 N–H and O–H groups in total. The Bertz CT molecular complexity index is 466. The van der Waals surface area contributed by atoms with Gasteiger partial charge in [-0.1, -0.05) is 33.8 Å². The summed E-state index contributed by atoms with van der Waals surface area (Å²) in [4.78, 5) is 7.31. The van der Waals surface area contributed by atoms with E-state index in [0.29, 0.717) is 11.5 Å². The van der Waals surface area contributed by atoms with Gasteiger partial charge in [-0.2, -0.15) is 0 Å². The Hall–Kier alpha value is -1.09. The average molecular weight is 289 g/mol. The molecule has 0 aromatic carbocycles. The number of pyridine rings is 1. The van der Waals surface area contributed by atoms with Gasteiger partial charge >= 0.3 is 0 Å². The second kappa shape index (κ2) is 6.78. The molecule has 0 aliphatic carbocycles. The molecule has 0 amide bonds. The third-order valence-electron chi connectivity index (χ3n) is 4.55. The van der Waals surface area contributed by atoms with Crippen LogP contribution in [0.2, 0.25) is 0 Å². The van der Waals surface area contributed by atoms with Crippen molar-refractivity contribution < 1.29 is 0 Å². The van der Waals surface area contributed by atoms with Crippen LogP contribution in [0, 0.1) is 12.3 Å². The molecular formula is C18H31N3. The fourth-order valence-corrected chi connectivity index (χ4v) is 2.91. The first-order valence-corrected chi connectivity index (χ1v) is 8.32. The molecule has 1 saturated heterocycles. The lowest BCUT2D eigenvalue weighted by Crippen LogP contribution is -2.27. The van der Waals surface area contributed by atoms with Crippen molar-refractivity contribution in [2.45, 2.75) is 66.5 Å². The highest BCUT2D eigenvalue weighted by Gasteiger charge is 2.23. The maximum absolute atomic E-state index is 4.85. The molecular weight excluding hydrogens is 258 g/mol. The zero-order chi connectivity index (χ0) is 15.5. The molecule has 1 aromatic rings. The van der Waals surface area contributed by atoms with E-state index in [1.54, 1.807) is 0 Å². The quantitative estimate of drug-likeness (QED) is 0.911. The van der Waals surface area contributed by atoms with E-state index in [9.17, 15) is 0 Å². The van der Waals surface area contributed by atoms with Gasteiger partial charge in [-0.25, -0.2) is 4.98 Å². The Morgan fingerprint density at radius 3 is 2.67 bits per heavy atom. The van der Waals surface area contributed by atoms with E-state index >= 15 is 0 Å². The molecule has 118 valence electrons. The summed E-state index contributed by atoms with van der Waals surface area (Å²) >= 11 is 0. The molecule has 0 radical (unpaired) electrons. The molecule has 2 heterocycles. The van der Waals surface area contributed by atoms with E-state index in [1.807, 2.05) is 0 Å². The molecule has 21 heavy (non-hydrogen) atoms. The summed E-state index contributed by atoms with van der Waals surface area (Å²) in [5.74, 6) is 1.15. The van der Waals surface area contributed by atoms with Crippen LogP contribution in [0.25, 0.3) is 0 Å². The van der Waals surface area contributed by atoms with Crippen molar-refractivity contribution >= 4 is 5.82 Å². The average Bonchev–Trinajstić information content (AvgIpc) is 2.58. The summed E-state index contributed by atoms with van der Waals surface area (Å²) in [6, 6.07) is 4.95. The number of hydrogen-bond acceptors (Lipinski definition) is 3. The largest absolute Gasteiger partial charge is 0.357 e. The van der Waals surface area contributed by atoms with Gasteiger partial charge < -0.3 is 10.2 Å². The van der Waals surface area contributed by atoms with E-state index in [1.165, 1.54) is 24.8 Å². The zero-order valence-electron chi connectivity index (χ0n) is 14.4. The van der Waals surface area contributed by atoms with E-state index in [0.717, 1.165) is 31.1 Å². The van der Waals surface area contributed by atoms with Gasteiger partial charge in [0.2, 0.25) is 0 Å². The van der Waals surface area contributed by atoms with Crippen LogP contribution in [0.15, 0.2) is 12.1 Å². The molecule has 0 atom stereocenters. The molecule has 1 aliphatic heterocycles. The van der Waals surface area contributed by atoms with Crippen LogP contribution in [0.3, 0.4) is 0 Å². The Morgan fingerprint density at radius 2 is 2.00 bits per heavy atom. The maximum Gasteiger partial charge on any atom is 0.128 e. The molecule has 1 fully saturated rings. The highest BCUT2D eigenvalue weighted by atomic mass is 15.2. The van der Waals surface area contributed by atoms with Crippen molar-refractivity contribution in [3.05, 3.63) is 23.4 Å². The Balaban J connectivity index is 2.05. The van der Waals surface area contributed by atoms with Gasteiger partial charge in [0.25, 0.3) is 0 Å². The first-order chi connectivity index (χ1) is 9.87. The SMILES string of the molecule is Cc1nc(N2CCCC(C)(C)CC2)ccc1CNC(C)C. The highest BCUT2D eigenvalue weighted by molar-refractivity contribution is 5.42. The van der Waals surface area contributed by atoms with E-state index in [2.05, 4.69) is 57.0 Å². The summed E-state index contributed by atoms with van der Waals surface area (Å²) in [5.41, 5.74) is 2.94. The van der Waals surface area contributed by atoms with Crippen molar-refractivity contribution in [2.75, 3.05) is 18.0 Å². The first kappa shape index (κ1) is 16.3. The number of nitrogens with zero attached hydrogens (tertiary/aromatic N) is 2. The predicted octanol–water partition coefficient (Wildman–Crippen LogP) is 3.90. The predicted molar refractivity (Wildman–Crippen MR) is 90.8 cm³/mol. The van der Waals surface area contributed by atoms with Crippen LogP contribution in [0.1, 0.15) is 58.2 Å². The van der Waals surface area contributed by atoms with Gasteiger partial charge in [-0.3, -0.25) is 0 Å². The number of aryl methyl sites for hydroxylation is 1. The van der Waals surface area contributed by atoms with Gasteiger partial charge in [0.15, 0.2) is 0 Å². The minimum atomic E-state index is 0.477. The molecule has 1 aliphatic rings. The van der Waals surface area contributed by atoms with Crippen LogP contribution in [0.4, 0.5) is 5.82 Å². The smallest absolute Gasteiger partial charge is 0.128 e. The Kier molecular flexibility index (Phi) is 5.26. The topological polar surface area (TPSA) is 28.2 Å². The third kappa shape index (κ3) is 4.70. The lowest BCUT2D eigenvalue weighted by atomic mass is 9.85. The van der Waals surface area contributed by atoms with Crippen LogP contribution in [0.5, 0.6) is 0 Å². The number of anilines is 1. The zero-order valence-corrected chi connectivity index (χ0v) is 14.4. The summed E-state index contributed by atoms with van der Waals surface area (Å²) in [6.45, 7) is 14.4. The van der Waals surface area contributed by atoms with E-state index < -0.39 is 0 Å². The van der Waals surface area contributed by atoms with Crippen LogP contribution in [-0.2, 0) is 6.54 Å². The second-order valence-electron chi connectivity index (χ2n) is 7.45. The summed E-state index contributed by atoms with van der Waals surface area (Å²) in [6.07, 6.45) is 3.84. The van der Waals surface area contributed by atoms with Gasteiger partial charge in [0, 0.05) is 31.4 Å². The number of hydrogen-bond donors (Lipinski definition) is 1. The molecule has 3 heteroatoms. The van der Waals surface area contributed by atoms with Gasteiger partial charge in [0.1, 0.15) is 5.82 Å². The molecule has 0 spiro atoms. The monoisotopic (exact) mass is 289 g/mol. The highest BCUT2D eigenvalue weighted by Crippen LogP contribution is 2.31. The Morgan fingerprint density at radius 1 is 1.24 bits per heavy atom.